The summed E-state index contributed by atoms with van der Waals surface area (Å²) in [5.41, 5.74) is 11.7. The van der Waals surface area contributed by atoms with Gasteiger partial charge in [0.1, 0.15) is 0 Å². The molecule has 1 aliphatic rings. The lowest BCUT2D eigenvalue weighted by Crippen LogP contribution is -2.37. The van der Waals surface area contributed by atoms with E-state index in [4.69, 9.17) is 5.73 Å². The highest BCUT2D eigenvalue weighted by Crippen LogP contribution is 2.36. The summed E-state index contributed by atoms with van der Waals surface area (Å²) in [4.78, 5) is 2.64. The molecule has 19 heavy (non-hydrogen) atoms. The van der Waals surface area contributed by atoms with Gasteiger partial charge in [-0.15, -0.1) is 0 Å². The lowest BCUT2D eigenvalue weighted by molar-refractivity contribution is 0.190. The van der Waals surface area contributed by atoms with Crippen LogP contribution in [0, 0.1) is 20.8 Å². The molecule has 1 saturated carbocycles. The molecule has 0 aromatic heterocycles. The maximum Gasteiger partial charge on any atom is 0.0478 e. The minimum absolute atomic E-state index is 0.396. The Morgan fingerprint density at radius 1 is 1.21 bits per heavy atom. The van der Waals surface area contributed by atoms with Gasteiger partial charge in [-0.1, -0.05) is 24.6 Å². The number of rotatable bonds is 6. The maximum absolute atomic E-state index is 6.14. The van der Waals surface area contributed by atoms with Gasteiger partial charge < -0.3 is 5.73 Å². The molecule has 0 heterocycles. The maximum atomic E-state index is 6.14. The van der Waals surface area contributed by atoms with E-state index in [1.807, 2.05) is 0 Å². The average molecular weight is 260 g/mol. The van der Waals surface area contributed by atoms with Gasteiger partial charge in [0, 0.05) is 18.6 Å². The highest BCUT2D eigenvalue weighted by molar-refractivity contribution is 5.40. The Labute approximate surface area is 118 Å². The van der Waals surface area contributed by atoms with E-state index in [1.54, 1.807) is 0 Å². The lowest BCUT2D eigenvalue weighted by atomic mass is 9.93. The Balaban J connectivity index is 2.35. The third-order valence-electron chi connectivity index (χ3n) is 4.19. The van der Waals surface area contributed by atoms with E-state index < -0.39 is 0 Å². The lowest BCUT2D eigenvalue weighted by Gasteiger charge is -2.33. The summed E-state index contributed by atoms with van der Waals surface area (Å²) in [5.74, 6) is 0. The standard InChI is InChI=1S/C17H28N2/c1-5-8-19(15-6-7-15)16(11-18)17-13(3)9-12(2)10-14(17)4/h9-10,15-16H,5-8,11,18H2,1-4H3. The minimum Gasteiger partial charge on any atom is -0.329 e. The van der Waals surface area contributed by atoms with Gasteiger partial charge in [0.15, 0.2) is 0 Å². The van der Waals surface area contributed by atoms with Crippen LogP contribution in [0.1, 0.15) is 54.5 Å². The minimum atomic E-state index is 0.396. The van der Waals surface area contributed by atoms with Crippen LogP contribution in [-0.4, -0.2) is 24.0 Å². The molecule has 1 unspecified atom stereocenters. The fourth-order valence-electron chi connectivity index (χ4n) is 3.39. The third-order valence-corrected chi connectivity index (χ3v) is 4.19. The highest BCUT2D eigenvalue weighted by atomic mass is 15.2. The van der Waals surface area contributed by atoms with Gasteiger partial charge in [-0.25, -0.2) is 0 Å². The molecule has 2 heteroatoms. The van der Waals surface area contributed by atoms with E-state index in [9.17, 15) is 0 Å². The molecule has 0 bridgehead atoms. The Kier molecular flexibility index (Phi) is 4.64. The molecule has 1 fully saturated rings. The van der Waals surface area contributed by atoms with Crippen molar-refractivity contribution in [1.82, 2.24) is 4.90 Å². The van der Waals surface area contributed by atoms with Gasteiger partial charge in [-0.3, -0.25) is 4.90 Å². The van der Waals surface area contributed by atoms with Crippen LogP contribution in [0.2, 0.25) is 0 Å². The van der Waals surface area contributed by atoms with Crippen LogP contribution in [0.15, 0.2) is 12.1 Å². The fraction of sp³-hybridized carbons (Fsp3) is 0.647. The fourth-order valence-corrected chi connectivity index (χ4v) is 3.39. The van der Waals surface area contributed by atoms with Crippen LogP contribution in [0.25, 0.3) is 0 Å². The molecule has 2 nitrogen and oxygen atoms in total. The Hall–Kier alpha value is -0.860. The summed E-state index contributed by atoms with van der Waals surface area (Å²) >= 11 is 0. The van der Waals surface area contributed by atoms with Crippen LogP contribution in [0.4, 0.5) is 0 Å². The molecular weight excluding hydrogens is 232 g/mol. The SMILES string of the molecule is CCCN(C1CC1)C(CN)c1c(C)cc(C)cc1C. The topological polar surface area (TPSA) is 29.3 Å². The predicted octanol–water partition coefficient (Wildman–Crippen LogP) is 3.49. The van der Waals surface area contributed by atoms with Gasteiger partial charge in [0.2, 0.25) is 0 Å². The van der Waals surface area contributed by atoms with Crippen LogP contribution in [-0.2, 0) is 0 Å². The summed E-state index contributed by atoms with van der Waals surface area (Å²) in [6, 6.07) is 5.76. The number of nitrogens with two attached hydrogens (primary N) is 1. The van der Waals surface area contributed by atoms with Crippen molar-refractivity contribution < 1.29 is 0 Å². The van der Waals surface area contributed by atoms with E-state index in [-0.39, 0.29) is 0 Å². The van der Waals surface area contributed by atoms with Crippen molar-refractivity contribution in [2.24, 2.45) is 5.73 Å². The summed E-state index contributed by atoms with van der Waals surface area (Å²) in [7, 11) is 0. The monoisotopic (exact) mass is 260 g/mol. The van der Waals surface area contributed by atoms with Gasteiger partial charge in [-0.2, -0.15) is 0 Å². The molecule has 1 aromatic carbocycles. The number of aryl methyl sites for hydroxylation is 3. The number of hydrogen-bond donors (Lipinski definition) is 1. The first-order valence-electron chi connectivity index (χ1n) is 7.62. The highest BCUT2D eigenvalue weighted by Gasteiger charge is 2.34. The predicted molar refractivity (Wildman–Crippen MR) is 82.5 cm³/mol. The quantitative estimate of drug-likeness (QED) is 0.848. The van der Waals surface area contributed by atoms with Crippen LogP contribution in [0.3, 0.4) is 0 Å². The summed E-state index contributed by atoms with van der Waals surface area (Å²) in [6.07, 6.45) is 3.90. The van der Waals surface area contributed by atoms with Crippen molar-refractivity contribution in [2.75, 3.05) is 13.1 Å². The van der Waals surface area contributed by atoms with E-state index in [0.717, 1.165) is 12.6 Å². The van der Waals surface area contributed by atoms with E-state index in [1.165, 1.54) is 48.1 Å². The molecule has 1 atom stereocenters. The van der Waals surface area contributed by atoms with Crippen molar-refractivity contribution in [3.05, 3.63) is 34.4 Å². The van der Waals surface area contributed by atoms with E-state index in [0.29, 0.717) is 6.04 Å². The second-order valence-corrected chi connectivity index (χ2v) is 6.03. The zero-order valence-electron chi connectivity index (χ0n) is 12.9. The van der Waals surface area contributed by atoms with Crippen molar-refractivity contribution in [2.45, 2.75) is 59.0 Å². The van der Waals surface area contributed by atoms with E-state index in [2.05, 4.69) is 44.7 Å². The van der Waals surface area contributed by atoms with Gasteiger partial charge in [-0.05, 0) is 63.3 Å². The number of hydrogen-bond acceptors (Lipinski definition) is 2. The number of benzene rings is 1. The van der Waals surface area contributed by atoms with Crippen LogP contribution < -0.4 is 5.73 Å². The molecule has 0 radical (unpaired) electrons. The third kappa shape index (κ3) is 3.18. The van der Waals surface area contributed by atoms with Gasteiger partial charge >= 0.3 is 0 Å². The van der Waals surface area contributed by atoms with Crippen molar-refractivity contribution in [3.63, 3.8) is 0 Å². The second kappa shape index (κ2) is 6.06. The Morgan fingerprint density at radius 2 is 1.79 bits per heavy atom. The first-order chi connectivity index (χ1) is 9.08. The molecule has 2 N–H and O–H groups in total. The Morgan fingerprint density at radius 3 is 2.21 bits per heavy atom. The summed E-state index contributed by atoms with van der Waals surface area (Å²) in [6.45, 7) is 10.8. The summed E-state index contributed by atoms with van der Waals surface area (Å²) < 4.78 is 0. The Bertz CT molecular complexity index is 412. The normalized spacial score (nSPS) is 16.9. The molecule has 0 saturated heterocycles. The smallest absolute Gasteiger partial charge is 0.0478 e. The average Bonchev–Trinajstić information content (AvgIpc) is 3.15. The van der Waals surface area contributed by atoms with Crippen molar-refractivity contribution >= 4 is 0 Å². The summed E-state index contributed by atoms with van der Waals surface area (Å²) in [5, 5.41) is 0. The second-order valence-electron chi connectivity index (χ2n) is 6.03. The molecule has 1 aliphatic carbocycles. The molecule has 1 aromatic rings. The van der Waals surface area contributed by atoms with Crippen LogP contribution in [0.5, 0.6) is 0 Å². The zero-order valence-corrected chi connectivity index (χ0v) is 12.9. The molecule has 0 spiro atoms. The number of nitrogens with zero attached hydrogens (tertiary/aromatic N) is 1. The molecule has 106 valence electrons. The van der Waals surface area contributed by atoms with Crippen molar-refractivity contribution in [3.8, 4) is 0 Å². The first-order valence-corrected chi connectivity index (χ1v) is 7.62. The zero-order chi connectivity index (χ0) is 14.0. The molecular formula is C17H28N2. The van der Waals surface area contributed by atoms with Crippen molar-refractivity contribution in [1.29, 1.82) is 0 Å². The molecule has 0 aliphatic heterocycles. The first kappa shape index (κ1) is 14.5. The van der Waals surface area contributed by atoms with Gasteiger partial charge in [0.25, 0.3) is 0 Å². The largest absolute Gasteiger partial charge is 0.329 e. The van der Waals surface area contributed by atoms with E-state index >= 15 is 0 Å². The van der Waals surface area contributed by atoms with Crippen LogP contribution >= 0.6 is 0 Å². The van der Waals surface area contributed by atoms with Gasteiger partial charge in [0.05, 0.1) is 0 Å². The molecule has 2 rings (SSSR count). The molecule has 0 amide bonds.